The van der Waals surface area contributed by atoms with Gasteiger partial charge in [0.1, 0.15) is 5.82 Å². The third kappa shape index (κ3) is 2.38. The highest BCUT2D eigenvalue weighted by atomic mass is 16.5. The van der Waals surface area contributed by atoms with Crippen LogP contribution in [0, 0.1) is 5.92 Å². The second kappa shape index (κ2) is 4.77. The van der Waals surface area contributed by atoms with Crippen molar-refractivity contribution >= 4 is 0 Å². The Balaban J connectivity index is 1.97. The van der Waals surface area contributed by atoms with Gasteiger partial charge < -0.3 is 15.0 Å². The van der Waals surface area contributed by atoms with E-state index in [-0.39, 0.29) is 0 Å². The molecule has 1 fully saturated rings. The molecule has 1 aromatic rings. The summed E-state index contributed by atoms with van der Waals surface area (Å²) in [5.74, 6) is 1.65. The first kappa shape index (κ1) is 10.6. The van der Waals surface area contributed by atoms with E-state index in [4.69, 9.17) is 4.74 Å². The van der Waals surface area contributed by atoms with Crippen molar-refractivity contribution < 1.29 is 4.74 Å². The fourth-order valence-corrected chi connectivity index (χ4v) is 2.36. The van der Waals surface area contributed by atoms with Crippen molar-refractivity contribution in [2.24, 2.45) is 5.92 Å². The zero-order chi connectivity index (χ0) is 10.7. The Morgan fingerprint density at radius 2 is 2.60 bits per heavy atom. The molecule has 1 saturated heterocycles. The Labute approximate surface area is 90.4 Å². The van der Waals surface area contributed by atoms with Crippen LogP contribution in [-0.4, -0.2) is 35.8 Å². The van der Waals surface area contributed by atoms with Crippen molar-refractivity contribution in [3.63, 3.8) is 0 Å². The molecule has 0 aromatic carbocycles. The number of nitrogens with one attached hydrogen (secondary N) is 2. The Bertz CT molecular complexity index is 286. The van der Waals surface area contributed by atoms with Gasteiger partial charge in [-0.25, -0.2) is 4.98 Å². The third-order valence-electron chi connectivity index (χ3n) is 3.29. The number of ether oxygens (including phenoxy) is 1. The molecule has 0 saturated carbocycles. The van der Waals surface area contributed by atoms with Crippen LogP contribution in [0.5, 0.6) is 0 Å². The predicted octanol–water partition coefficient (Wildman–Crippen LogP) is 0.965. The number of likely N-dealkylation sites (N-methyl/N-ethyl adjacent to an activating group) is 1. The molecule has 0 bridgehead atoms. The molecule has 84 valence electrons. The molecule has 1 aliphatic rings. The van der Waals surface area contributed by atoms with Crippen molar-refractivity contribution in [3.8, 4) is 0 Å². The van der Waals surface area contributed by atoms with E-state index < -0.39 is 0 Å². The van der Waals surface area contributed by atoms with Gasteiger partial charge in [-0.2, -0.15) is 0 Å². The van der Waals surface area contributed by atoms with Crippen LogP contribution in [0.25, 0.3) is 0 Å². The van der Waals surface area contributed by atoms with Crippen LogP contribution in [-0.2, 0) is 11.2 Å². The number of nitrogens with zero attached hydrogens (tertiary/aromatic N) is 1. The van der Waals surface area contributed by atoms with Gasteiger partial charge in [-0.1, -0.05) is 0 Å². The number of hydrogen-bond acceptors (Lipinski definition) is 3. The van der Waals surface area contributed by atoms with Gasteiger partial charge in [0.05, 0.1) is 6.10 Å². The lowest BCUT2D eigenvalue weighted by molar-refractivity contribution is 0.0961. The van der Waals surface area contributed by atoms with Crippen LogP contribution in [0.3, 0.4) is 0 Å². The van der Waals surface area contributed by atoms with E-state index in [0.717, 1.165) is 25.3 Å². The van der Waals surface area contributed by atoms with Crippen molar-refractivity contribution in [1.29, 1.82) is 0 Å². The number of imidazole rings is 1. The summed E-state index contributed by atoms with van der Waals surface area (Å²) in [6, 6.07) is 0.452. The lowest BCUT2D eigenvalue weighted by Gasteiger charge is -2.24. The van der Waals surface area contributed by atoms with E-state index in [1.165, 1.54) is 0 Å². The zero-order valence-electron chi connectivity index (χ0n) is 9.36. The Morgan fingerprint density at radius 3 is 3.13 bits per heavy atom. The first-order valence-corrected chi connectivity index (χ1v) is 5.58. The highest BCUT2D eigenvalue weighted by Crippen LogP contribution is 2.25. The van der Waals surface area contributed by atoms with Gasteiger partial charge in [0.25, 0.3) is 0 Å². The van der Waals surface area contributed by atoms with Crippen LogP contribution in [0.15, 0.2) is 12.4 Å². The highest BCUT2D eigenvalue weighted by Gasteiger charge is 2.31. The van der Waals surface area contributed by atoms with E-state index in [1.807, 2.05) is 13.2 Å². The van der Waals surface area contributed by atoms with Gasteiger partial charge in [0.2, 0.25) is 0 Å². The molecular formula is C11H19N3O. The molecule has 0 amide bonds. The number of aromatic nitrogens is 2. The summed E-state index contributed by atoms with van der Waals surface area (Å²) in [6.45, 7) is 3.05. The molecule has 3 unspecified atom stereocenters. The quantitative estimate of drug-likeness (QED) is 0.776. The lowest BCUT2D eigenvalue weighted by Crippen LogP contribution is -2.39. The molecule has 2 heterocycles. The molecule has 4 nitrogen and oxygen atoms in total. The maximum Gasteiger partial charge on any atom is 0.107 e. The largest absolute Gasteiger partial charge is 0.378 e. The third-order valence-corrected chi connectivity index (χ3v) is 3.29. The number of rotatable bonds is 4. The smallest absolute Gasteiger partial charge is 0.107 e. The van der Waals surface area contributed by atoms with Gasteiger partial charge in [-0.3, -0.25) is 0 Å². The molecule has 0 radical (unpaired) electrons. The summed E-state index contributed by atoms with van der Waals surface area (Å²) in [7, 11) is 2.01. The van der Waals surface area contributed by atoms with E-state index in [2.05, 4.69) is 22.2 Å². The average molecular weight is 209 g/mol. The highest BCUT2D eigenvalue weighted by molar-refractivity contribution is 4.95. The second-order valence-electron chi connectivity index (χ2n) is 4.16. The normalized spacial score (nSPS) is 28.1. The Morgan fingerprint density at radius 1 is 1.73 bits per heavy atom. The van der Waals surface area contributed by atoms with E-state index in [1.54, 1.807) is 6.20 Å². The number of hydrogen-bond donors (Lipinski definition) is 2. The summed E-state index contributed by atoms with van der Waals surface area (Å²) in [6.07, 6.45) is 6.13. The Hall–Kier alpha value is -0.870. The fourth-order valence-electron chi connectivity index (χ4n) is 2.36. The molecular weight excluding hydrogens is 190 g/mol. The minimum atomic E-state index is 0.359. The zero-order valence-corrected chi connectivity index (χ0v) is 9.36. The second-order valence-corrected chi connectivity index (χ2v) is 4.16. The molecule has 2 N–H and O–H groups in total. The van der Waals surface area contributed by atoms with Crippen LogP contribution in [0.1, 0.15) is 19.2 Å². The molecule has 1 aromatic heterocycles. The van der Waals surface area contributed by atoms with Crippen LogP contribution in [0.2, 0.25) is 0 Å². The van der Waals surface area contributed by atoms with Gasteiger partial charge in [0.15, 0.2) is 0 Å². The molecule has 0 aliphatic carbocycles. The van der Waals surface area contributed by atoms with Gasteiger partial charge >= 0.3 is 0 Å². The van der Waals surface area contributed by atoms with Gasteiger partial charge in [-0.15, -0.1) is 0 Å². The maximum atomic E-state index is 5.60. The lowest BCUT2D eigenvalue weighted by atomic mass is 9.91. The van der Waals surface area contributed by atoms with Crippen molar-refractivity contribution in [2.45, 2.75) is 31.9 Å². The summed E-state index contributed by atoms with van der Waals surface area (Å²) >= 11 is 0. The summed E-state index contributed by atoms with van der Waals surface area (Å²) in [4.78, 5) is 7.41. The predicted molar refractivity (Wildman–Crippen MR) is 58.7 cm³/mol. The average Bonchev–Trinajstić information content (AvgIpc) is 2.85. The van der Waals surface area contributed by atoms with E-state index >= 15 is 0 Å². The minimum Gasteiger partial charge on any atom is -0.378 e. The topological polar surface area (TPSA) is 49.9 Å². The minimum absolute atomic E-state index is 0.359. The first-order chi connectivity index (χ1) is 7.31. The van der Waals surface area contributed by atoms with Crippen molar-refractivity contribution in [1.82, 2.24) is 15.3 Å². The van der Waals surface area contributed by atoms with E-state index in [0.29, 0.717) is 18.1 Å². The maximum absolute atomic E-state index is 5.60. The molecule has 0 spiro atoms. The molecule has 3 atom stereocenters. The number of aromatic amines is 1. The van der Waals surface area contributed by atoms with Gasteiger partial charge in [-0.05, 0) is 20.4 Å². The number of H-pyrrole nitrogens is 1. The monoisotopic (exact) mass is 209 g/mol. The summed E-state index contributed by atoms with van der Waals surface area (Å²) < 4.78 is 5.60. The van der Waals surface area contributed by atoms with Crippen LogP contribution >= 0.6 is 0 Å². The molecule has 2 rings (SSSR count). The van der Waals surface area contributed by atoms with Crippen molar-refractivity contribution in [3.05, 3.63) is 18.2 Å². The molecule has 1 aliphatic heterocycles. The van der Waals surface area contributed by atoms with E-state index in [9.17, 15) is 0 Å². The summed E-state index contributed by atoms with van der Waals surface area (Å²) in [5.41, 5.74) is 0. The SMILES string of the molecule is CNC(Cc1ncc[nH]1)C1CCOC1C. The van der Waals surface area contributed by atoms with Crippen molar-refractivity contribution in [2.75, 3.05) is 13.7 Å². The fraction of sp³-hybridized carbons (Fsp3) is 0.727. The standard InChI is InChI=1S/C11H19N3O/c1-8-9(3-6-15-8)10(12-2)7-11-13-4-5-14-11/h4-5,8-10,12H,3,6-7H2,1-2H3,(H,13,14). The van der Waals surface area contributed by atoms with Crippen LogP contribution in [0.4, 0.5) is 0 Å². The van der Waals surface area contributed by atoms with Crippen LogP contribution < -0.4 is 5.32 Å². The Kier molecular flexibility index (Phi) is 3.38. The molecule has 4 heteroatoms. The van der Waals surface area contributed by atoms with Gasteiger partial charge in [0, 0.05) is 37.4 Å². The summed E-state index contributed by atoms with van der Waals surface area (Å²) in [5, 5.41) is 3.37. The first-order valence-electron chi connectivity index (χ1n) is 5.58. The molecule has 15 heavy (non-hydrogen) atoms.